The molecule has 0 saturated heterocycles. The quantitative estimate of drug-likeness (QED) is 0.0721. The standard InChI is InChI=1S/C23H25FO4.C23H25O4.3C4H9.Sn/c1-23(2)9-8-17-13-16(6-7-19(17)28-23)18(14-24)10-15-11-20(25-3)22(27-5)21(12-15)26-4;1-15(11-16-12-20(24-4)22(26-6)21(13-16)25-5)17-7-8-19-18(14-17)9-10-23(2,3)27-19;3*1-3-4-2;/h6-9,11-14H,10H2,1-5H3;1,7-10,12-14H,11H2,2-6H3;3*1,3-4H2,2H3;/b18-14-;;;;;/i24-1;;;;;. The maximum atomic E-state index is 13.8. The van der Waals surface area contributed by atoms with E-state index in [0.29, 0.717) is 52.8 Å². The van der Waals surface area contributed by atoms with Gasteiger partial charge < -0.3 is 18.9 Å². The molecule has 2 heterocycles. The Morgan fingerprint density at radius 3 is 1.24 bits per heavy atom. The van der Waals surface area contributed by atoms with Crippen LogP contribution in [0.15, 0.2) is 83.2 Å². The van der Waals surface area contributed by atoms with Crippen LogP contribution in [0.2, 0.25) is 13.3 Å². The Hall–Kier alpha value is -5.03. The molecule has 0 amide bonds. The maximum Gasteiger partial charge on any atom is 0.203 e. The summed E-state index contributed by atoms with van der Waals surface area (Å²) in [5.74, 6) is 5.40. The summed E-state index contributed by atoms with van der Waals surface area (Å²) >= 11 is -2.63. The van der Waals surface area contributed by atoms with Gasteiger partial charge in [0.05, 0.1) is 27.7 Å². The molecular formula is C58H77FO8Sn. The first-order valence-corrected chi connectivity index (χ1v) is 32.0. The minimum Gasteiger partial charge on any atom is -0.493 e. The van der Waals surface area contributed by atoms with Gasteiger partial charge in [-0.2, -0.15) is 0 Å². The molecule has 0 radical (unpaired) electrons. The fourth-order valence-electron chi connectivity index (χ4n) is 9.06. The van der Waals surface area contributed by atoms with Gasteiger partial charge in [0.2, 0.25) is 5.75 Å². The summed E-state index contributed by atoms with van der Waals surface area (Å²) < 4.78 is 66.4. The molecule has 0 fully saturated rings. The fourth-order valence-corrected chi connectivity index (χ4v) is 24.4. The van der Waals surface area contributed by atoms with Crippen molar-refractivity contribution in [2.45, 2.75) is 124 Å². The summed E-state index contributed by atoms with van der Waals surface area (Å²) in [5, 5.41) is 0. The Balaban J connectivity index is 0.000000270. The summed E-state index contributed by atoms with van der Waals surface area (Å²) in [6, 6.07) is 20.3. The van der Waals surface area contributed by atoms with Gasteiger partial charge in [0.25, 0.3) is 0 Å². The third-order valence-electron chi connectivity index (χ3n) is 12.8. The van der Waals surface area contributed by atoms with Crippen LogP contribution in [-0.2, 0) is 12.8 Å². The molecule has 4 aromatic rings. The first-order chi connectivity index (χ1) is 32.6. The van der Waals surface area contributed by atoms with Gasteiger partial charge in [0.1, 0.15) is 11.4 Å². The molecule has 68 heavy (non-hydrogen) atoms. The molecule has 6 rings (SSSR count). The maximum absolute atomic E-state index is 13.8. The molecule has 0 N–H and O–H groups in total. The van der Waals surface area contributed by atoms with E-state index in [2.05, 4.69) is 81.2 Å². The molecule has 0 aliphatic carbocycles. The Labute approximate surface area is 411 Å². The van der Waals surface area contributed by atoms with Crippen molar-refractivity contribution in [1.29, 1.82) is 0 Å². The Morgan fingerprint density at radius 2 is 0.897 bits per heavy atom. The Bertz CT molecular complexity index is 2360. The summed E-state index contributed by atoms with van der Waals surface area (Å²) in [7, 11) is 9.71. The first kappa shape index (κ1) is 53.9. The van der Waals surface area contributed by atoms with Crippen LogP contribution in [0, 0.1) is 0 Å². The molecule has 0 spiro atoms. The van der Waals surface area contributed by atoms with E-state index in [0.717, 1.165) is 40.2 Å². The van der Waals surface area contributed by atoms with Gasteiger partial charge in [-0.3, -0.25) is 0 Å². The largest absolute Gasteiger partial charge is 0.493 e. The van der Waals surface area contributed by atoms with Gasteiger partial charge in [0, 0.05) is 12.0 Å². The molecule has 368 valence electrons. The molecule has 0 atom stereocenters. The summed E-state index contributed by atoms with van der Waals surface area (Å²) in [6.07, 6.45) is 18.1. The second kappa shape index (κ2) is 25.0. The van der Waals surface area contributed by atoms with Gasteiger partial charge >= 0.3 is 249 Å². The molecule has 0 unspecified atom stereocenters. The Kier molecular flexibility index (Phi) is 19.8. The molecule has 10 heteroatoms. The number of halogens is 1. The van der Waals surface area contributed by atoms with Crippen LogP contribution < -0.4 is 37.9 Å². The van der Waals surface area contributed by atoms with Crippen LogP contribution in [-0.4, -0.2) is 72.2 Å². The number of rotatable bonds is 22. The first-order valence-electron chi connectivity index (χ1n) is 24.3. The van der Waals surface area contributed by atoms with E-state index in [1.54, 1.807) is 42.7 Å². The van der Waals surface area contributed by atoms with Gasteiger partial charge in [0.15, 0.2) is 11.5 Å². The predicted octanol–water partition coefficient (Wildman–Crippen LogP) is 15.4. The summed E-state index contributed by atoms with van der Waals surface area (Å²) in [6.45, 7) is 15.2. The second-order valence-corrected chi connectivity index (χ2v) is 31.9. The van der Waals surface area contributed by atoms with Crippen molar-refractivity contribution in [3.63, 3.8) is 0 Å². The van der Waals surface area contributed by atoms with Crippen LogP contribution in [0.3, 0.4) is 0 Å². The second-order valence-electron chi connectivity index (χ2n) is 19.0. The third kappa shape index (κ3) is 14.0. The molecule has 0 saturated carbocycles. The molecule has 4 aromatic carbocycles. The smallest absolute Gasteiger partial charge is 0.203 e. The minimum absolute atomic E-state index is 0.282. The SMILES string of the molecule is CCC[CH2][Sn](/[CH]=C(/Cc1cc(OC)c(OC)c(OC)c1)c1ccc2c(c1)C=CC(C)(C)O2)([CH2]CCC)[CH2]CCC.COc1cc(C/C(=C/[18F])c2ccc3c(c2)C=CC(C)(C)O3)cc(OC)c1OC. The van der Waals surface area contributed by atoms with E-state index >= 15 is 0 Å². The number of fused-ring (bicyclic) bond motifs is 2. The number of benzene rings is 4. The zero-order valence-corrected chi connectivity index (χ0v) is 46.0. The fraction of sp³-hybridized carbons (Fsp3) is 0.448. The van der Waals surface area contributed by atoms with E-state index in [1.807, 2.05) is 56.3 Å². The van der Waals surface area contributed by atoms with Crippen molar-refractivity contribution in [2.24, 2.45) is 0 Å². The normalized spacial score (nSPS) is 14.6. The van der Waals surface area contributed by atoms with E-state index in [9.17, 15) is 4.39 Å². The van der Waals surface area contributed by atoms with E-state index in [4.69, 9.17) is 37.9 Å². The summed E-state index contributed by atoms with van der Waals surface area (Å²) in [4.78, 5) is 0. The zero-order valence-electron chi connectivity index (χ0n) is 43.2. The summed E-state index contributed by atoms with van der Waals surface area (Å²) in [5.41, 5.74) is 7.57. The van der Waals surface area contributed by atoms with Crippen LogP contribution >= 0.6 is 0 Å². The minimum atomic E-state index is -2.63. The number of unbranched alkanes of at least 4 members (excludes halogenated alkanes) is 3. The van der Waals surface area contributed by atoms with Crippen LogP contribution in [0.4, 0.5) is 4.39 Å². The predicted molar refractivity (Wildman–Crippen MR) is 282 cm³/mol. The number of hydrogen-bond acceptors (Lipinski definition) is 8. The van der Waals surface area contributed by atoms with Crippen LogP contribution in [0.1, 0.15) is 120 Å². The van der Waals surface area contributed by atoms with Gasteiger partial charge in [-0.25, -0.2) is 4.39 Å². The van der Waals surface area contributed by atoms with Crippen molar-refractivity contribution >= 4 is 41.7 Å². The zero-order chi connectivity index (χ0) is 49.5. The van der Waals surface area contributed by atoms with Crippen molar-refractivity contribution in [2.75, 3.05) is 42.7 Å². The Morgan fingerprint density at radius 1 is 0.529 bits per heavy atom. The van der Waals surface area contributed by atoms with E-state index < -0.39 is 18.4 Å². The number of allylic oxidation sites excluding steroid dienone is 2. The monoisotopic (exact) mass is 1040 g/mol. The molecule has 2 aliphatic heterocycles. The van der Waals surface area contributed by atoms with Crippen molar-refractivity contribution in [3.05, 3.63) is 117 Å². The van der Waals surface area contributed by atoms with Crippen LogP contribution in [0.5, 0.6) is 46.0 Å². The number of ether oxygens (including phenoxy) is 8. The van der Waals surface area contributed by atoms with Crippen molar-refractivity contribution < 1.29 is 42.3 Å². The van der Waals surface area contributed by atoms with E-state index in [-0.39, 0.29) is 11.2 Å². The number of methoxy groups -OCH3 is 6. The molecule has 8 nitrogen and oxygen atoms in total. The molecule has 0 aromatic heterocycles. The third-order valence-corrected chi connectivity index (χ3v) is 27.1. The topological polar surface area (TPSA) is 73.8 Å². The van der Waals surface area contributed by atoms with Gasteiger partial charge in [-0.1, -0.05) is 12.1 Å². The van der Waals surface area contributed by atoms with Crippen LogP contribution in [0.25, 0.3) is 23.3 Å². The average molecular weight is 1040 g/mol. The van der Waals surface area contributed by atoms with Gasteiger partial charge in [-0.15, -0.1) is 0 Å². The molecular weight excluding hydrogens is 961 g/mol. The number of hydrogen-bond donors (Lipinski definition) is 0. The average Bonchev–Trinajstić information content (AvgIpc) is 3.34. The van der Waals surface area contributed by atoms with Crippen molar-refractivity contribution in [1.82, 2.24) is 0 Å². The van der Waals surface area contributed by atoms with E-state index in [1.165, 1.54) is 68.5 Å². The van der Waals surface area contributed by atoms with Gasteiger partial charge in [-0.05, 0) is 60.9 Å². The molecule has 2 aliphatic rings. The molecule has 0 bridgehead atoms. The van der Waals surface area contributed by atoms with Crippen molar-refractivity contribution in [3.8, 4) is 46.0 Å².